The molecule has 3 rings (SSSR count). The van der Waals surface area contributed by atoms with Gasteiger partial charge in [0, 0.05) is 0 Å². The van der Waals surface area contributed by atoms with E-state index in [0.29, 0.717) is 24.7 Å². The van der Waals surface area contributed by atoms with Gasteiger partial charge in [0.1, 0.15) is 30.8 Å². The molecule has 0 radical (unpaired) electrons. The van der Waals surface area contributed by atoms with E-state index in [-0.39, 0.29) is 6.10 Å². The summed E-state index contributed by atoms with van der Waals surface area (Å²) in [5.74, 6) is 2.12. The lowest BCUT2D eigenvalue weighted by atomic mass is 10.3. The normalized spacial score (nSPS) is 17.0. The van der Waals surface area contributed by atoms with Gasteiger partial charge in [0.15, 0.2) is 11.5 Å². The van der Waals surface area contributed by atoms with E-state index >= 15 is 0 Å². The van der Waals surface area contributed by atoms with Crippen LogP contribution >= 0.6 is 15.9 Å². The molecule has 0 saturated carbocycles. The van der Waals surface area contributed by atoms with Gasteiger partial charge >= 0.3 is 0 Å². The maximum atomic E-state index is 5.75. The highest BCUT2D eigenvalue weighted by atomic mass is 79.9. The molecular formula is C14H14BrNO4. The van der Waals surface area contributed by atoms with Crippen LogP contribution < -0.4 is 9.47 Å². The first-order valence-corrected chi connectivity index (χ1v) is 7.10. The second kappa shape index (κ2) is 5.85. The summed E-state index contributed by atoms with van der Waals surface area (Å²) in [6.07, 6.45) is 0.218. The van der Waals surface area contributed by atoms with Crippen LogP contribution in [0.4, 0.5) is 0 Å². The van der Waals surface area contributed by atoms with Crippen molar-refractivity contribution in [2.45, 2.75) is 19.6 Å². The number of hydrogen-bond donors (Lipinski definition) is 0. The molecule has 0 N–H and O–H groups in total. The number of epoxide rings is 1. The fourth-order valence-electron chi connectivity index (χ4n) is 1.68. The zero-order valence-corrected chi connectivity index (χ0v) is 12.6. The zero-order chi connectivity index (χ0) is 13.9. The van der Waals surface area contributed by atoms with Gasteiger partial charge in [-0.25, -0.2) is 0 Å². The topological polar surface area (TPSA) is 57.0 Å². The molecule has 2 heterocycles. The van der Waals surface area contributed by atoms with Crippen molar-refractivity contribution in [3.8, 4) is 11.5 Å². The largest absolute Gasteiger partial charge is 0.487 e. The Morgan fingerprint density at radius 3 is 2.60 bits per heavy atom. The average molecular weight is 340 g/mol. The summed E-state index contributed by atoms with van der Waals surface area (Å²) in [4.78, 5) is 0. The molecule has 1 saturated heterocycles. The third-order valence-corrected chi connectivity index (χ3v) is 3.91. The first-order chi connectivity index (χ1) is 9.74. The fourth-order valence-corrected chi connectivity index (χ4v) is 1.94. The molecule has 1 unspecified atom stereocenters. The maximum Gasteiger partial charge on any atom is 0.161 e. The van der Waals surface area contributed by atoms with Crippen molar-refractivity contribution < 1.29 is 18.7 Å². The van der Waals surface area contributed by atoms with Crippen molar-refractivity contribution >= 4 is 15.9 Å². The molecule has 0 amide bonds. The second-order valence-electron chi connectivity index (χ2n) is 4.50. The van der Waals surface area contributed by atoms with Crippen molar-refractivity contribution in [1.82, 2.24) is 5.16 Å². The van der Waals surface area contributed by atoms with Crippen LogP contribution in [0.15, 0.2) is 33.3 Å². The van der Waals surface area contributed by atoms with Crippen LogP contribution in [-0.2, 0) is 11.3 Å². The first-order valence-electron chi connectivity index (χ1n) is 6.31. The van der Waals surface area contributed by atoms with E-state index in [2.05, 4.69) is 21.1 Å². The molecule has 0 spiro atoms. The number of para-hydroxylation sites is 2. The summed E-state index contributed by atoms with van der Waals surface area (Å²) >= 11 is 3.42. The predicted molar refractivity (Wildman–Crippen MR) is 74.9 cm³/mol. The lowest BCUT2D eigenvalue weighted by Gasteiger charge is -2.11. The maximum absolute atomic E-state index is 5.75. The van der Waals surface area contributed by atoms with Gasteiger partial charge in [-0.3, -0.25) is 0 Å². The lowest BCUT2D eigenvalue weighted by Crippen LogP contribution is -2.06. The minimum atomic E-state index is 0.218. The quantitative estimate of drug-likeness (QED) is 0.757. The van der Waals surface area contributed by atoms with Crippen LogP contribution in [0.1, 0.15) is 11.5 Å². The monoisotopic (exact) mass is 339 g/mol. The van der Waals surface area contributed by atoms with Crippen molar-refractivity contribution in [2.24, 2.45) is 0 Å². The van der Waals surface area contributed by atoms with E-state index in [9.17, 15) is 0 Å². The van der Waals surface area contributed by atoms with Gasteiger partial charge in [0.2, 0.25) is 0 Å². The minimum Gasteiger partial charge on any atom is -0.487 e. The molecule has 1 aromatic heterocycles. The van der Waals surface area contributed by atoms with Gasteiger partial charge in [0.25, 0.3) is 0 Å². The summed E-state index contributed by atoms with van der Waals surface area (Å²) in [6, 6.07) is 7.55. The molecule has 0 aliphatic carbocycles. The molecule has 6 heteroatoms. The summed E-state index contributed by atoms with van der Waals surface area (Å²) in [6.45, 7) is 3.48. The third kappa shape index (κ3) is 3.13. The number of halogens is 1. The van der Waals surface area contributed by atoms with Crippen molar-refractivity contribution in [2.75, 3.05) is 13.2 Å². The molecule has 2 aromatic rings. The first kappa shape index (κ1) is 13.5. The molecule has 106 valence electrons. The van der Waals surface area contributed by atoms with Gasteiger partial charge in [-0.15, -0.1) is 0 Å². The van der Waals surface area contributed by atoms with E-state index in [1.54, 1.807) is 0 Å². The molecule has 1 fully saturated rings. The van der Waals surface area contributed by atoms with E-state index < -0.39 is 0 Å². The van der Waals surface area contributed by atoms with Crippen LogP contribution in [-0.4, -0.2) is 24.5 Å². The number of nitrogens with zero attached hydrogens (tertiary/aromatic N) is 1. The molecule has 20 heavy (non-hydrogen) atoms. The Hall–Kier alpha value is -1.53. The Bertz CT molecular complexity index is 595. The van der Waals surface area contributed by atoms with Gasteiger partial charge in [-0.05, 0) is 35.0 Å². The Morgan fingerprint density at radius 2 is 2.00 bits per heavy atom. The van der Waals surface area contributed by atoms with Crippen LogP contribution in [0.2, 0.25) is 0 Å². The van der Waals surface area contributed by atoms with Gasteiger partial charge < -0.3 is 18.7 Å². The number of benzene rings is 1. The van der Waals surface area contributed by atoms with Crippen molar-refractivity contribution in [3.05, 3.63) is 40.2 Å². The lowest BCUT2D eigenvalue weighted by molar-refractivity contribution is 0.234. The molecule has 1 aliphatic rings. The highest BCUT2D eigenvalue weighted by Gasteiger charge is 2.23. The molecule has 1 aliphatic heterocycles. The Balaban J connectivity index is 1.65. The number of aromatic nitrogens is 1. The number of hydrogen-bond acceptors (Lipinski definition) is 5. The van der Waals surface area contributed by atoms with Crippen LogP contribution in [0.5, 0.6) is 11.5 Å². The second-order valence-corrected chi connectivity index (χ2v) is 5.29. The fraction of sp³-hybridized carbons (Fsp3) is 0.357. The highest BCUT2D eigenvalue weighted by molar-refractivity contribution is 9.10. The number of rotatable bonds is 6. The van der Waals surface area contributed by atoms with Crippen LogP contribution in [0.25, 0.3) is 0 Å². The van der Waals surface area contributed by atoms with Crippen LogP contribution in [0, 0.1) is 6.92 Å². The SMILES string of the molecule is Cc1onc(COc2ccccc2OCC2CO2)c1Br. The molecular weight excluding hydrogens is 326 g/mol. The predicted octanol–water partition coefficient (Wildman–Crippen LogP) is 3.10. The van der Waals surface area contributed by atoms with Crippen LogP contribution in [0.3, 0.4) is 0 Å². The number of aryl methyl sites for hydroxylation is 1. The molecule has 0 bridgehead atoms. The van der Waals surface area contributed by atoms with Crippen molar-refractivity contribution in [1.29, 1.82) is 0 Å². The van der Waals surface area contributed by atoms with Gasteiger partial charge in [0.05, 0.1) is 11.1 Å². The molecule has 1 atom stereocenters. The average Bonchev–Trinajstić information content (AvgIpc) is 3.24. The van der Waals surface area contributed by atoms with E-state index in [0.717, 1.165) is 22.5 Å². The standard InChI is InChI=1S/C14H14BrNO4/c1-9-14(15)11(16-20-9)8-19-13-5-3-2-4-12(13)18-7-10-6-17-10/h2-5,10H,6-8H2,1H3. The molecule has 5 nitrogen and oxygen atoms in total. The molecule has 1 aromatic carbocycles. The summed E-state index contributed by atoms with van der Waals surface area (Å²) < 4.78 is 22.5. The van der Waals surface area contributed by atoms with Gasteiger partial charge in [-0.2, -0.15) is 0 Å². The summed E-state index contributed by atoms with van der Waals surface area (Å²) in [5, 5.41) is 3.94. The summed E-state index contributed by atoms with van der Waals surface area (Å²) in [7, 11) is 0. The van der Waals surface area contributed by atoms with E-state index in [1.165, 1.54) is 0 Å². The Kier molecular flexibility index (Phi) is 3.93. The Labute approximate surface area is 124 Å². The van der Waals surface area contributed by atoms with Gasteiger partial charge in [-0.1, -0.05) is 17.3 Å². The summed E-state index contributed by atoms with van der Waals surface area (Å²) in [5.41, 5.74) is 0.725. The Morgan fingerprint density at radius 1 is 1.30 bits per heavy atom. The van der Waals surface area contributed by atoms with Crippen molar-refractivity contribution in [3.63, 3.8) is 0 Å². The third-order valence-electron chi connectivity index (χ3n) is 2.90. The van der Waals surface area contributed by atoms with E-state index in [1.807, 2.05) is 31.2 Å². The minimum absolute atomic E-state index is 0.218. The number of ether oxygens (including phenoxy) is 3. The highest BCUT2D eigenvalue weighted by Crippen LogP contribution is 2.29. The smallest absolute Gasteiger partial charge is 0.161 e. The van der Waals surface area contributed by atoms with E-state index in [4.69, 9.17) is 18.7 Å². The zero-order valence-electron chi connectivity index (χ0n) is 11.0.